The van der Waals surface area contributed by atoms with Crippen LogP contribution in [0.15, 0.2) is 12.1 Å². The number of nitro benzene ring substituents is 1. The van der Waals surface area contributed by atoms with Gasteiger partial charge in [-0.05, 0) is 6.92 Å². The average Bonchev–Trinajstić information content (AvgIpc) is 2.25. The van der Waals surface area contributed by atoms with Gasteiger partial charge in [0.15, 0.2) is 11.6 Å². The number of anilines is 1. The molecule has 1 N–H and O–H groups in total. The van der Waals surface area contributed by atoms with Gasteiger partial charge in [-0.25, -0.2) is 4.39 Å². The van der Waals surface area contributed by atoms with E-state index in [2.05, 4.69) is 0 Å². The Balaban J connectivity index is 2.36. The van der Waals surface area contributed by atoms with Gasteiger partial charge in [-0.1, -0.05) is 0 Å². The highest BCUT2D eigenvalue weighted by atomic mass is 19.1. The minimum atomic E-state index is -0.846. The molecule has 0 aliphatic carbocycles. The molecular weight excluding hydrogens is 243 g/mol. The van der Waals surface area contributed by atoms with Gasteiger partial charge in [0.2, 0.25) is 0 Å². The first-order valence-electron chi connectivity index (χ1n) is 5.33. The second kappa shape index (κ2) is 4.09. The van der Waals surface area contributed by atoms with Crippen molar-refractivity contribution in [2.24, 2.45) is 0 Å². The summed E-state index contributed by atoms with van der Waals surface area (Å²) >= 11 is 0. The SMILES string of the molecule is COc1cc(N2CC(C)(O)C2)c(F)cc1[N+](=O)[O-]. The van der Waals surface area contributed by atoms with Crippen LogP contribution in [0.4, 0.5) is 15.8 Å². The molecule has 1 aliphatic rings. The number of nitro groups is 1. The fraction of sp³-hybridized carbons (Fsp3) is 0.455. The van der Waals surface area contributed by atoms with E-state index < -0.39 is 22.0 Å². The van der Waals surface area contributed by atoms with Crippen LogP contribution < -0.4 is 9.64 Å². The summed E-state index contributed by atoms with van der Waals surface area (Å²) in [6.07, 6.45) is 0. The van der Waals surface area contributed by atoms with Crippen LogP contribution in [0.1, 0.15) is 6.92 Å². The van der Waals surface area contributed by atoms with Crippen LogP contribution in [-0.2, 0) is 0 Å². The van der Waals surface area contributed by atoms with Gasteiger partial charge in [-0.3, -0.25) is 10.1 Å². The Morgan fingerprint density at radius 2 is 2.17 bits per heavy atom. The predicted molar refractivity (Wildman–Crippen MR) is 62.4 cm³/mol. The Kier molecular flexibility index (Phi) is 2.86. The van der Waals surface area contributed by atoms with Crippen molar-refractivity contribution in [2.75, 3.05) is 25.1 Å². The molecule has 1 aromatic rings. The lowest BCUT2D eigenvalue weighted by molar-refractivity contribution is -0.385. The van der Waals surface area contributed by atoms with E-state index in [1.54, 1.807) is 11.8 Å². The molecule has 2 rings (SSSR count). The molecule has 98 valence electrons. The molecule has 7 heteroatoms. The molecule has 1 saturated heterocycles. The summed E-state index contributed by atoms with van der Waals surface area (Å²) in [7, 11) is 1.29. The van der Waals surface area contributed by atoms with Crippen LogP contribution in [0.3, 0.4) is 0 Å². The minimum absolute atomic E-state index is 0.00272. The van der Waals surface area contributed by atoms with Gasteiger partial charge in [-0.15, -0.1) is 0 Å². The maximum absolute atomic E-state index is 13.8. The molecule has 1 aliphatic heterocycles. The average molecular weight is 256 g/mol. The molecule has 0 unspecified atom stereocenters. The molecule has 6 nitrogen and oxygen atoms in total. The maximum Gasteiger partial charge on any atom is 0.313 e. The third-order valence-corrected chi connectivity index (χ3v) is 2.85. The van der Waals surface area contributed by atoms with E-state index in [-0.39, 0.29) is 24.5 Å². The van der Waals surface area contributed by atoms with Crippen LogP contribution in [0.25, 0.3) is 0 Å². The molecule has 1 aromatic carbocycles. The van der Waals surface area contributed by atoms with Gasteiger partial charge < -0.3 is 14.7 Å². The van der Waals surface area contributed by atoms with Crippen LogP contribution in [0.5, 0.6) is 5.75 Å². The van der Waals surface area contributed by atoms with Gasteiger partial charge in [0.1, 0.15) is 0 Å². The van der Waals surface area contributed by atoms with Gasteiger partial charge in [0, 0.05) is 19.2 Å². The highest BCUT2D eigenvalue weighted by molar-refractivity contribution is 5.62. The second-order valence-electron chi connectivity index (χ2n) is 4.59. The highest BCUT2D eigenvalue weighted by Gasteiger charge is 2.38. The smallest absolute Gasteiger partial charge is 0.313 e. The third kappa shape index (κ3) is 2.08. The van der Waals surface area contributed by atoms with Crippen molar-refractivity contribution in [3.05, 3.63) is 28.1 Å². The van der Waals surface area contributed by atoms with E-state index in [1.807, 2.05) is 0 Å². The minimum Gasteiger partial charge on any atom is -0.490 e. The van der Waals surface area contributed by atoms with E-state index in [1.165, 1.54) is 13.2 Å². The lowest BCUT2D eigenvalue weighted by atomic mass is 9.96. The summed E-state index contributed by atoms with van der Waals surface area (Å²) in [5.74, 6) is -0.694. The molecule has 0 spiro atoms. The summed E-state index contributed by atoms with van der Waals surface area (Å²) in [4.78, 5) is 11.6. The number of aliphatic hydroxyl groups is 1. The molecule has 0 saturated carbocycles. The monoisotopic (exact) mass is 256 g/mol. The van der Waals surface area contributed by atoms with Crippen molar-refractivity contribution in [3.63, 3.8) is 0 Å². The molecule has 0 atom stereocenters. The number of benzene rings is 1. The van der Waals surface area contributed by atoms with Crippen molar-refractivity contribution >= 4 is 11.4 Å². The Morgan fingerprint density at radius 3 is 2.61 bits per heavy atom. The van der Waals surface area contributed by atoms with Gasteiger partial charge in [0.05, 0.1) is 29.4 Å². The fourth-order valence-electron chi connectivity index (χ4n) is 2.03. The zero-order chi connectivity index (χ0) is 13.5. The highest BCUT2D eigenvalue weighted by Crippen LogP contribution is 2.37. The zero-order valence-electron chi connectivity index (χ0n) is 10.0. The van der Waals surface area contributed by atoms with Crippen molar-refractivity contribution in [1.29, 1.82) is 0 Å². The number of ether oxygens (including phenoxy) is 1. The maximum atomic E-state index is 13.8. The van der Waals surface area contributed by atoms with Gasteiger partial charge in [-0.2, -0.15) is 0 Å². The second-order valence-corrected chi connectivity index (χ2v) is 4.59. The van der Waals surface area contributed by atoms with E-state index in [0.717, 1.165) is 6.07 Å². The van der Waals surface area contributed by atoms with Gasteiger partial charge in [0.25, 0.3) is 0 Å². The molecule has 1 heterocycles. The molecular formula is C11H13FN2O4. The molecule has 1 fully saturated rings. The summed E-state index contributed by atoms with van der Waals surface area (Å²) in [6.45, 7) is 2.21. The van der Waals surface area contributed by atoms with Crippen LogP contribution in [-0.4, -0.2) is 35.8 Å². The molecule has 0 aromatic heterocycles. The van der Waals surface area contributed by atoms with Crippen molar-refractivity contribution in [1.82, 2.24) is 0 Å². The predicted octanol–water partition coefficient (Wildman–Crippen LogP) is 1.31. The molecule has 0 amide bonds. The number of hydrogen-bond donors (Lipinski definition) is 1. The van der Waals surface area contributed by atoms with E-state index in [9.17, 15) is 19.6 Å². The summed E-state index contributed by atoms with van der Waals surface area (Å²) in [5, 5.41) is 20.3. The standard InChI is InChI=1S/C11H13FN2O4/c1-11(15)5-13(6-11)8-4-10(18-2)9(14(16)17)3-7(8)12/h3-4,15H,5-6H2,1-2H3. The van der Waals surface area contributed by atoms with Crippen molar-refractivity contribution < 1.29 is 19.2 Å². The Morgan fingerprint density at radius 1 is 1.56 bits per heavy atom. The van der Waals surface area contributed by atoms with E-state index in [0.29, 0.717) is 0 Å². The normalized spacial score (nSPS) is 17.2. The number of methoxy groups -OCH3 is 1. The number of rotatable bonds is 3. The lowest BCUT2D eigenvalue weighted by Gasteiger charge is -2.45. The fourth-order valence-corrected chi connectivity index (χ4v) is 2.03. The number of hydrogen-bond acceptors (Lipinski definition) is 5. The van der Waals surface area contributed by atoms with E-state index >= 15 is 0 Å². The Hall–Kier alpha value is -1.89. The Labute approximate surface area is 103 Å². The zero-order valence-corrected chi connectivity index (χ0v) is 10.0. The quantitative estimate of drug-likeness (QED) is 0.652. The first-order chi connectivity index (χ1) is 8.34. The number of β-amino-alcohol motifs (C(OH)–C–C–N with tert-alkyl or cyclic N) is 1. The summed E-state index contributed by atoms with van der Waals surface area (Å²) < 4.78 is 18.6. The van der Waals surface area contributed by atoms with Crippen molar-refractivity contribution in [2.45, 2.75) is 12.5 Å². The molecule has 0 bridgehead atoms. The Bertz CT molecular complexity index is 496. The largest absolute Gasteiger partial charge is 0.490 e. The van der Waals surface area contributed by atoms with Crippen LogP contribution in [0, 0.1) is 15.9 Å². The summed E-state index contributed by atoms with van der Waals surface area (Å²) in [5.41, 5.74) is -1.06. The van der Waals surface area contributed by atoms with Crippen molar-refractivity contribution in [3.8, 4) is 5.75 Å². The lowest BCUT2D eigenvalue weighted by Crippen LogP contribution is -2.60. The third-order valence-electron chi connectivity index (χ3n) is 2.85. The topological polar surface area (TPSA) is 75.8 Å². The van der Waals surface area contributed by atoms with Crippen LogP contribution >= 0.6 is 0 Å². The van der Waals surface area contributed by atoms with Crippen LogP contribution in [0.2, 0.25) is 0 Å². The molecule has 0 radical (unpaired) electrons. The summed E-state index contributed by atoms with van der Waals surface area (Å²) in [6, 6.07) is 2.11. The first-order valence-corrected chi connectivity index (χ1v) is 5.33. The van der Waals surface area contributed by atoms with Gasteiger partial charge >= 0.3 is 5.69 Å². The first kappa shape index (κ1) is 12.6. The molecule has 18 heavy (non-hydrogen) atoms. The van der Waals surface area contributed by atoms with E-state index in [4.69, 9.17) is 4.74 Å². The number of halogens is 1. The number of nitrogens with zero attached hydrogens (tertiary/aromatic N) is 2.